The van der Waals surface area contributed by atoms with Gasteiger partial charge in [0.25, 0.3) is 5.56 Å². The molecule has 0 N–H and O–H groups in total. The van der Waals surface area contributed by atoms with Crippen LogP contribution in [0.15, 0.2) is 23.0 Å². The van der Waals surface area contributed by atoms with Gasteiger partial charge < -0.3 is 9.80 Å². The molecular formula is C22H28N4O. The second kappa shape index (κ2) is 6.06. The van der Waals surface area contributed by atoms with Crippen LogP contribution < -0.4 is 10.5 Å². The van der Waals surface area contributed by atoms with Crippen molar-refractivity contribution in [1.29, 1.82) is 0 Å². The van der Waals surface area contributed by atoms with Crippen LogP contribution in [0.2, 0.25) is 0 Å². The van der Waals surface area contributed by atoms with Crippen molar-refractivity contribution in [2.75, 3.05) is 31.1 Å². The molecule has 1 aromatic carbocycles. The summed E-state index contributed by atoms with van der Waals surface area (Å²) in [5, 5.41) is 0.816. The summed E-state index contributed by atoms with van der Waals surface area (Å²) in [6.45, 7) is 5.52. The van der Waals surface area contributed by atoms with E-state index in [4.69, 9.17) is 4.98 Å². The van der Waals surface area contributed by atoms with E-state index in [2.05, 4.69) is 28.0 Å². The molecule has 5 nitrogen and oxygen atoms in total. The zero-order valence-corrected chi connectivity index (χ0v) is 15.9. The van der Waals surface area contributed by atoms with Crippen molar-refractivity contribution in [3.8, 4) is 0 Å². The van der Waals surface area contributed by atoms with E-state index in [0.717, 1.165) is 36.4 Å². The Kier molecular flexibility index (Phi) is 3.62. The van der Waals surface area contributed by atoms with Gasteiger partial charge >= 0.3 is 0 Å². The zero-order chi connectivity index (χ0) is 18.0. The molecule has 1 aromatic heterocycles. The topological polar surface area (TPSA) is 41.4 Å². The Bertz CT molecular complexity index is 935. The Balaban J connectivity index is 1.44. The van der Waals surface area contributed by atoms with Gasteiger partial charge in [-0.05, 0) is 62.6 Å². The van der Waals surface area contributed by atoms with Crippen molar-refractivity contribution in [1.82, 2.24) is 14.5 Å². The van der Waals surface area contributed by atoms with Crippen molar-refractivity contribution in [3.05, 3.63) is 34.4 Å². The Hall–Kier alpha value is -1.88. The summed E-state index contributed by atoms with van der Waals surface area (Å²) in [6.07, 6.45) is 7.38. The van der Waals surface area contributed by atoms with Crippen molar-refractivity contribution in [2.24, 2.45) is 5.92 Å². The number of rotatable bonds is 4. The van der Waals surface area contributed by atoms with Crippen LogP contribution in [-0.4, -0.2) is 46.7 Å². The summed E-state index contributed by atoms with van der Waals surface area (Å²) < 4.78 is 2.03. The molecule has 4 heterocycles. The van der Waals surface area contributed by atoms with Gasteiger partial charge in [0.1, 0.15) is 5.82 Å². The lowest BCUT2D eigenvalue weighted by Gasteiger charge is -2.33. The number of anilines is 1. The molecule has 0 unspecified atom stereocenters. The fourth-order valence-corrected chi connectivity index (χ4v) is 5.02. The summed E-state index contributed by atoms with van der Waals surface area (Å²) in [4.78, 5) is 23.5. The summed E-state index contributed by atoms with van der Waals surface area (Å²) in [5.74, 6) is 2.25. The normalized spacial score (nSPS) is 27.9. The van der Waals surface area contributed by atoms with Crippen LogP contribution in [0.4, 0.5) is 5.69 Å². The van der Waals surface area contributed by atoms with Crippen LogP contribution in [-0.2, 0) is 6.54 Å². The molecule has 0 atom stereocenters. The molecule has 0 spiro atoms. The van der Waals surface area contributed by atoms with E-state index >= 15 is 0 Å². The number of aromatic nitrogens is 2. The number of piperidine rings is 1. The molecule has 7 rings (SSSR count). The number of hydrogen-bond acceptors (Lipinski definition) is 4. The van der Waals surface area contributed by atoms with E-state index < -0.39 is 0 Å². The van der Waals surface area contributed by atoms with E-state index in [0.29, 0.717) is 17.9 Å². The second-order valence-electron chi connectivity index (χ2n) is 9.07. The molecule has 3 saturated heterocycles. The molecule has 0 radical (unpaired) electrons. The highest BCUT2D eigenvalue weighted by Crippen LogP contribution is 2.40. The van der Waals surface area contributed by atoms with Crippen molar-refractivity contribution < 1.29 is 0 Å². The van der Waals surface area contributed by atoms with Gasteiger partial charge in [0.2, 0.25) is 0 Å². The lowest BCUT2D eigenvalue weighted by molar-refractivity contribution is 0.250. The Morgan fingerprint density at radius 3 is 2.52 bits per heavy atom. The minimum atomic E-state index is 0.193. The molecule has 142 valence electrons. The molecule has 5 fully saturated rings. The highest BCUT2D eigenvalue weighted by atomic mass is 16.1. The van der Waals surface area contributed by atoms with E-state index in [9.17, 15) is 4.79 Å². The summed E-state index contributed by atoms with van der Waals surface area (Å²) in [6, 6.07) is 7.05. The molecule has 2 saturated carbocycles. The van der Waals surface area contributed by atoms with Gasteiger partial charge in [-0.25, -0.2) is 4.98 Å². The largest absolute Gasteiger partial charge is 0.367 e. The Morgan fingerprint density at radius 2 is 1.78 bits per heavy atom. The molecular weight excluding hydrogens is 336 g/mol. The first kappa shape index (κ1) is 16.1. The molecule has 27 heavy (non-hydrogen) atoms. The minimum absolute atomic E-state index is 0.193. The Morgan fingerprint density at radius 1 is 0.963 bits per heavy atom. The maximum absolute atomic E-state index is 13.4. The van der Waals surface area contributed by atoms with Crippen molar-refractivity contribution >= 4 is 16.6 Å². The molecule has 3 aliphatic heterocycles. The number of nitrogens with zero attached hydrogens (tertiary/aromatic N) is 4. The summed E-state index contributed by atoms with van der Waals surface area (Å²) in [5.41, 5.74) is 2.30. The van der Waals surface area contributed by atoms with Crippen LogP contribution >= 0.6 is 0 Å². The van der Waals surface area contributed by atoms with E-state index in [1.54, 1.807) is 0 Å². The monoisotopic (exact) mass is 364 g/mol. The number of benzene rings is 1. The Labute approximate surface area is 160 Å². The lowest BCUT2D eigenvalue weighted by atomic mass is 10.0. The highest BCUT2D eigenvalue weighted by Gasteiger charge is 2.33. The maximum Gasteiger partial charge on any atom is 0.261 e. The van der Waals surface area contributed by atoms with Gasteiger partial charge in [0.15, 0.2) is 0 Å². The van der Waals surface area contributed by atoms with Crippen LogP contribution in [0.1, 0.15) is 50.3 Å². The minimum Gasteiger partial charge on any atom is -0.367 e. The molecule has 2 bridgehead atoms. The molecule has 5 heteroatoms. The van der Waals surface area contributed by atoms with Crippen molar-refractivity contribution in [2.45, 2.75) is 57.0 Å². The van der Waals surface area contributed by atoms with Gasteiger partial charge in [0, 0.05) is 50.4 Å². The third-order valence-corrected chi connectivity index (χ3v) is 7.03. The average Bonchev–Trinajstić information content (AvgIpc) is 3.58. The molecule has 5 aliphatic rings. The maximum atomic E-state index is 13.4. The molecule has 2 aliphatic carbocycles. The van der Waals surface area contributed by atoms with Gasteiger partial charge in [-0.1, -0.05) is 0 Å². The summed E-state index contributed by atoms with van der Waals surface area (Å²) in [7, 11) is 0. The first-order valence-corrected chi connectivity index (χ1v) is 10.8. The van der Waals surface area contributed by atoms with Crippen LogP contribution in [0.5, 0.6) is 0 Å². The number of fused-ring (bicyclic) bond motifs is 5. The van der Waals surface area contributed by atoms with Crippen LogP contribution in [0.25, 0.3) is 10.9 Å². The third kappa shape index (κ3) is 2.87. The van der Waals surface area contributed by atoms with Crippen molar-refractivity contribution in [3.63, 3.8) is 0 Å². The fourth-order valence-electron chi connectivity index (χ4n) is 5.02. The zero-order valence-electron chi connectivity index (χ0n) is 15.9. The second-order valence-corrected chi connectivity index (χ2v) is 9.07. The third-order valence-electron chi connectivity index (χ3n) is 7.03. The van der Waals surface area contributed by atoms with Gasteiger partial charge in [-0.3, -0.25) is 9.36 Å². The standard InChI is InChI=1S/C22H28N4O/c27-22-19-13-18(25-12-11-24-9-7-17(25)8-10-24)5-6-20(19)23-21(16-3-4-16)26(22)14-15-1-2-15/h5-6,13,15-17H,1-4,7-12,14H2. The van der Waals surface area contributed by atoms with Crippen LogP contribution in [0, 0.1) is 5.92 Å². The predicted octanol–water partition coefficient (Wildman–Crippen LogP) is 2.97. The van der Waals surface area contributed by atoms with Gasteiger partial charge in [-0.15, -0.1) is 0 Å². The smallest absolute Gasteiger partial charge is 0.261 e. The predicted molar refractivity (Wildman–Crippen MR) is 108 cm³/mol. The van der Waals surface area contributed by atoms with E-state index in [1.807, 2.05) is 4.57 Å². The van der Waals surface area contributed by atoms with E-state index in [-0.39, 0.29) is 5.56 Å². The quantitative estimate of drug-likeness (QED) is 0.836. The molecule has 2 aromatic rings. The molecule has 0 amide bonds. The van der Waals surface area contributed by atoms with Gasteiger partial charge in [-0.2, -0.15) is 0 Å². The first-order valence-electron chi connectivity index (χ1n) is 10.8. The average molecular weight is 364 g/mol. The SMILES string of the molecule is O=c1c2cc(N3CCN4CCC3CC4)ccc2nc(C2CC2)n1CC1CC1. The first-order chi connectivity index (χ1) is 13.3. The fraction of sp³-hybridized carbons (Fsp3) is 0.636. The van der Waals surface area contributed by atoms with E-state index in [1.165, 1.54) is 57.3 Å². The van der Waals surface area contributed by atoms with Crippen LogP contribution in [0.3, 0.4) is 0 Å². The highest BCUT2D eigenvalue weighted by molar-refractivity contribution is 5.82. The number of hydrogen-bond donors (Lipinski definition) is 0. The summed E-state index contributed by atoms with van der Waals surface area (Å²) >= 11 is 0. The lowest BCUT2D eigenvalue weighted by Crippen LogP contribution is -2.38. The van der Waals surface area contributed by atoms with Gasteiger partial charge in [0.05, 0.1) is 10.9 Å².